The number of anilines is 1. The fourth-order valence-corrected chi connectivity index (χ4v) is 3.38. The van der Waals surface area contributed by atoms with Crippen LogP contribution in [0.4, 0.5) is 5.69 Å². The average Bonchev–Trinajstić information content (AvgIpc) is 2.44. The van der Waals surface area contributed by atoms with Crippen molar-refractivity contribution in [1.29, 1.82) is 5.26 Å². The van der Waals surface area contributed by atoms with Crippen LogP contribution in [0.3, 0.4) is 0 Å². The van der Waals surface area contributed by atoms with E-state index in [4.69, 9.17) is 0 Å². The average molecular weight is 275 g/mol. The van der Waals surface area contributed by atoms with E-state index in [0.29, 0.717) is 5.25 Å². The van der Waals surface area contributed by atoms with Gasteiger partial charge in [0, 0.05) is 30.6 Å². The number of thioether (sulfide) groups is 1. The number of nitrogens with one attached hydrogen (secondary N) is 1. The van der Waals surface area contributed by atoms with Gasteiger partial charge in [0.2, 0.25) is 0 Å². The molecule has 4 heteroatoms. The van der Waals surface area contributed by atoms with Crippen LogP contribution >= 0.6 is 11.8 Å². The Morgan fingerprint density at radius 3 is 3.05 bits per heavy atom. The summed E-state index contributed by atoms with van der Waals surface area (Å²) in [7, 11) is 0. The molecule has 0 amide bonds. The molecule has 1 aromatic carbocycles. The molecule has 1 aromatic rings. The molecule has 1 heterocycles. The largest absolute Gasteiger partial charge is 0.369 e. The van der Waals surface area contributed by atoms with Crippen molar-refractivity contribution in [3.05, 3.63) is 29.3 Å². The van der Waals surface area contributed by atoms with Crippen LogP contribution in [0, 0.1) is 11.3 Å². The number of nitriles is 1. The molecule has 0 saturated carbocycles. The summed E-state index contributed by atoms with van der Waals surface area (Å²) in [4.78, 5) is 2.34. The summed E-state index contributed by atoms with van der Waals surface area (Å²) in [5, 5.41) is 13.3. The third kappa shape index (κ3) is 3.65. The van der Waals surface area contributed by atoms with Crippen LogP contribution in [0.1, 0.15) is 25.0 Å². The van der Waals surface area contributed by atoms with Crippen LogP contribution in [0.2, 0.25) is 0 Å². The second-order valence-electron chi connectivity index (χ2n) is 4.87. The van der Waals surface area contributed by atoms with E-state index in [2.05, 4.69) is 42.3 Å². The third-order valence-corrected chi connectivity index (χ3v) is 4.48. The van der Waals surface area contributed by atoms with Gasteiger partial charge in [-0.05, 0) is 24.2 Å². The topological polar surface area (TPSA) is 39.1 Å². The Morgan fingerprint density at radius 2 is 2.37 bits per heavy atom. The SMILES string of the molecule is CCNCc1ccc(N2CCSC(C)C2)c(C#N)c1. The van der Waals surface area contributed by atoms with E-state index in [1.807, 2.05) is 17.8 Å². The normalized spacial score (nSPS) is 19.2. The second-order valence-corrected chi connectivity index (χ2v) is 6.42. The summed E-state index contributed by atoms with van der Waals surface area (Å²) in [6, 6.07) is 8.60. The van der Waals surface area contributed by atoms with E-state index in [0.717, 1.165) is 43.2 Å². The summed E-state index contributed by atoms with van der Waals surface area (Å²) in [5.41, 5.74) is 3.07. The summed E-state index contributed by atoms with van der Waals surface area (Å²) >= 11 is 2.01. The first-order valence-electron chi connectivity index (χ1n) is 6.85. The van der Waals surface area contributed by atoms with Gasteiger partial charge in [-0.3, -0.25) is 0 Å². The molecular weight excluding hydrogens is 254 g/mol. The zero-order chi connectivity index (χ0) is 13.7. The van der Waals surface area contributed by atoms with Gasteiger partial charge in [-0.2, -0.15) is 17.0 Å². The molecule has 1 unspecified atom stereocenters. The molecule has 19 heavy (non-hydrogen) atoms. The van der Waals surface area contributed by atoms with E-state index >= 15 is 0 Å². The zero-order valence-corrected chi connectivity index (χ0v) is 12.5. The van der Waals surface area contributed by atoms with Crippen LogP contribution in [-0.2, 0) is 6.54 Å². The van der Waals surface area contributed by atoms with E-state index < -0.39 is 0 Å². The van der Waals surface area contributed by atoms with Crippen LogP contribution in [0.5, 0.6) is 0 Å². The Bertz CT molecular complexity index is 467. The first-order chi connectivity index (χ1) is 9.24. The van der Waals surface area contributed by atoms with Crippen molar-refractivity contribution in [1.82, 2.24) is 5.32 Å². The Labute approximate surface area is 120 Å². The highest BCUT2D eigenvalue weighted by Gasteiger charge is 2.19. The lowest BCUT2D eigenvalue weighted by Gasteiger charge is -2.33. The van der Waals surface area contributed by atoms with Crippen molar-refractivity contribution in [3.8, 4) is 6.07 Å². The molecule has 1 saturated heterocycles. The molecule has 3 nitrogen and oxygen atoms in total. The van der Waals surface area contributed by atoms with E-state index in [1.165, 1.54) is 5.56 Å². The molecule has 0 aromatic heterocycles. The fourth-order valence-electron chi connectivity index (χ4n) is 2.37. The maximum Gasteiger partial charge on any atom is 0.101 e. The Hall–Kier alpha value is -1.18. The van der Waals surface area contributed by atoms with Crippen molar-refractivity contribution >= 4 is 17.4 Å². The van der Waals surface area contributed by atoms with E-state index in [1.54, 1.807) is 0 Å². The number of hydrogen-bond acceptors (Lipinski definition) is 4. The lowest BCUT2D eigenvalue weighted by Crippen LogP contribution is -2.37. The lowest BCUT2D eigenvalue weighted by molar-refractivity contribution is 0.726. The number of nitrogens with zero attached hydrogens (tertiary/aromatic N) is 2. The molecule has 2 rings (SSSR count). The summed E-state index contributed by atoms with van der Waals surface area (Å²) in [5.74, 6) is 1.14. The second kappa shape index (κ2) is 6.83. The van der Waals surface area contributed by atoms with Crippen molar-refractivity contribution in [3.63, 3.8) is 0 Å². The molecule has 1 aliphatic rings. The lowest BCUT2D eigenvalue weighted by atomic mass is 10.1. The maximum atomic E-state index is 9.36. The molecule has 1 aliphatic heterocycles. The molecule has 0 spiro atoms. The van der Waals surface area contributed by atoms with Crippen molar-refractivity contribution in [2.75, 3.05) is 30.3 Å². The van der Waals surface area contributed by atoms with E-state index in [9.17, 15) is 5.26 Å². The minimum absolute atomic E-state index is 0.640. The Morgan fingerprint density at radius 1 is 1.53 bits per heavy atom. The van der Waals surface area contributed by atoms with Gasteiger partial charge in [0.15, 0.2) is 0 Å². The smallest absolute Gasteiger partial charge is 0.101 e. The highest BCUT2D eigenvalue weighted by molar-refractivity contribution is 8.00. The fraction of sp³-hybridized carbons (Fsp3) is 0.533. The Kier molecular flexibility index (Phi) is 5.12. The quantitative estimate of drug-likeness (QED) is 0.917. The molecule has 0 bridgehead atoms. The highest BCUT2D eigenvalue weighted by Crippen LogP contribution is 2.27. The first-order valence-corrected chi connectivity index (χ1v) is 7.89. The van der Waals surface area contributed by atoms with Gasteiger partial charge < -0.3 is 10.2 Å². The van der Waals surface area contributed by atoms with Gasteiger partial charge in [0.25, 0.3) is 0 Å². The van der Waals surface area contributed by atoms with Gasteiger partial charge >= 0.3 is 0 Å². The van der Waals surface area contributed by atoms with E-state index in [-0.39, 0.29) is 0 Å². The number of hydrogen-bond donors (Lipinski definition) is 1. The van der Waals surface area contributed by atoms with Crippen LogP contribution in [-0.4, -0.2) is 30.6 Å². The standard InChI is InChI=1S/C15H21N3S/c1-3-17-10-13-4-5-15(14(8-13)9-16)18-6-7-19-12(2)11-18/h4-5,8,12,17H,3,6-7,10-11H2,1-2H3. The van der Waals surface area contributed by atoms with Gasteiger partial charge in [-0.25, -0.2) is 0 Å². The first kappa shape index (κ1) is 14.2. The van der Waals surface area contributed by atoms with Gasteiger partial charge in [-0.1, -0.05) is 19.9 Å². The highest BCUT2D eigenvalue weighted by atomic mass is 32.2. The van der Waals surface area contributed by atoms with Gasteiger partial charge in [0.1, 0.15) is 6.07 Å². The predicted molar refractivity (Wildman–Crippen MR) is 82.7 cm³/mol. The van der Waals surface area contributed by atoms with Crippen LogP contribution in [0.15, 0.2) is 18.2 Å². The molecule has 0 aliphatic carbocycles. The number of benzene rings is 1. The minimum atomic E-state index is 0.640. The van der Waals surface area contributed by atoms with Gasteiger partial charge in [0.05, 0.1) is 11.3 Å². The predicted octanol–water partition coefficient (Wildman–Crippen LogP) is 2.61. The summed E-state index contributed by atoms with van der Waals surface area (Å²) < 4.78 is 0. The number of rotatable bonds is 4. The van der Waals surface area contributed by atoms with Crippen molar-refractivity contribution in [2.45, 2.75) is 25.6 Å². The Balaban J connectivity index is 2.18. The van der Waals surface area contributed by atoms with Crippen LogP contribution in [0.25, 0.3) is 0 Å². The summed E-state index contributed by atoms with van der Waals surface area (Å²) in [6.45, 7) is 8.19. The van der Waals surface area contributed by atoms with Crippen molar-refractivity contribution in [2.24, 2.45) is 0 Å². The minimum Gasteiger partial charge on any atom is -0.369 e. The molecule has 0 radical (unpaired) electrons. The zero-order valence-electron chi connectivity index (χ0n) is 11.6. The molecular formula is C15H21N3S. The molecule has 1 N–H and O–H groups in total. The maximum absolute atomic E-state index is 9.36. The summed E-state index contributed by atoms with van der Waals surface area (Å²) in [6.07, 6.45) is 0. The molecule has 1 atom stereocenters. The third-order valence-electron chi connectivity index (χ3n) is 3.34. The molecule has 102 valence electrons. The monoisotopic (exact) mass is 275 g/mol. The van der Waals surface area contributed by atoms with Gasteiger partial charge in [-0.15, -0.1) is 0 Å². The van der Waals surface area contributed by atoms with Crippen LogP contribution < -0.4 is 10.2 Å². The van der Waals surface area contributed by atoms with Crippen molar-refractivity contribution < 1.29 is 0 Å². The molecule has 1 fully saturated rings.